The maximum absolute atomic E-state index is 9.62. The van der Waals surface area contributed by atoms with E-state index in [-0.39, 0.29) is 12.1 Å². The van der Waals surface area contributed by atoms with Gasteiger partial charge >= 0.3 is 0 Å². The first-order valence-electron chi connectivity index (χ1n) is 6.96. The van der Waals surface area contributed by atoms with Gasteiger partial charge in [0.15, 0.2) is 0 Å². The lowest BCUT2D eigenvalue weighted by molar-refractivity contribution is 0.157. The highest BCUT2D eigenvalue weighted by Gasteiger charge is 2.26. The van der Waals surface area contributed by atoms with Crippen LogP contribution in [0, 0.1) is 6.92 Å². The van der Waals surface area contributed by atoms with Crippen LogP contribution in [-0.2, 0) is 0 Å². The molecule has 3 heteroatoms. The molecule has 19 heavy (non-hydrogen) atoms. The molecule has 0 fully saturated rings. The Morgan fingerprint density at radius 1 is 1.32 bits per heavy atom. The minimum absolute atomic E-state index is 0.171. The lowest BCUT2D eigenvalue weighted by Crippen LogP contribution is -2.50. The van der Waals surface area contributed by atoms with Gasteiger partial charge in [-0.1, -0.05) is 38.5 Å². The molecule has 0 heterocycles. The van der Waals surface area contributed by atoms with Crippen molar-refractivity contribution in [2.75, 3.05) is 6.61 Å². The first kappa shape index (κ1) is 16.5. The van der Waals surface area contributed by atoms with Crippen molar-refractivity contribution in [1.29, 1.82) is 0 Å². The smallest absolute Gasteiger partial charge is 0.0611 e. The van der Waals surface area contributed by atoms with Crippen LogP contribution in [-0.4, -0.2) is 28.5 Å². The molecule has 108 valence electrons. The zero-order chi connectivity index (χ0) is 14.5. The highest BCUT2D eigenvalue weighted by atomic mass is 32.2. The van der Waals surface area contributed by atoms with Crippen LogP contribution in [0.1, 0.15) is 39.7 Å². The van der Waals surface area contributed by atoms with Crippen LogP contribution in [0.5, 0.6) is 0 Å². The van der Waals surface area contributed by atoms with Gasteiger partial charge in [-0.15, -0.1) is 11.8 Å². The Balaban J connectivity index is 2.60. The second-order valence-corrected chi connectivity index (χ2v) is 7.48. The van der Waals surface area contributed by atoms with Crippen molar-refractivity contribution in [1.82, 2.24) is 5.32 Å². The average Bonchev–Trinajstić information content (AvgIpc) is 2.27. The van der Waals surface area contributed by atoms with Gasteiger partial charge in [0.05, 0.1) is 6.61 Å². The normalized spacial score (nSPS) is 16.4. The molecule has 0 amide bonds. The molecule has 0 bridgehead atoms. The van der Waals surface area contributed by atoms with E-state index in [9.17, 15) is 5.11 Å². The fourth-order valence-corrected chi connectivity index (χ4v) is 3.79. The predicted octanol–water partition coefficient (Wildman–Crippen LogP) is 3.61. The largest absolute Gasteiger partial charge is 0.394 e. The SMILES string of the molecule is Cc1cccc(SC(C)CC(C)(CO)NC(C)C)c1. The Morgan fingerprint density at radius 3 is 2.53 bits per heavy atom. The average molecular weight is 281 g/mol. The number of thioether (sulfide) groups is 1. The number of rotatable bonds is 7. The van der Waals surface area contributed by atoms with Gasteiger partial charge in [0.1, 0.15) is 0 Å². The predicted molar refractivity (Wildman–Crippen MR) is 84.9 cm³/mol. The molecule has 2 atom stereocenters. The van der Waals surface area contributed by atoms with Crippen LogP contribution in [0.2, 0.25) is 0 Å². The van der Waals surface area contributed by atoms with E-state index in [0.29, 0.717) is 11.3 Å². The fraction of sp³-hybridized carbons (Fsp3) is 0.625. The third kappa shape index (κ3) is 5.98. The molecule has 1 rings (SSSR count). The maximum Gasteiger partial charge on any atom is 0.0611 e. The zero-order valence-electron chi connectivity index (χ0n) is 12.7. The molecule has 2 N–H and O–H groups in total. The number of nitrogens with one attached hydrogen (secondary N) is 1. The number of hydrogen-bond donors (Lipinski definition) is 2. The van der Waals surface area contributed by atoms with Crippen LogP contribution in [0.15, 0.2) is 29.2 Å². The van der Waals surface area contributed by atoms with Gasteiger partial charge in [0.25, 0.3) is 0 Å². The van der Waals surface area contributed by atoms with Crippen LogP contribution >= 0.6 is 11.8 Å². The summed E-state index contributed by atoms with van der Waals surface area (Å²) in [6.45, 7) is 10.8. The summed E-state index contributed by atoms with van der Waals surface area (Å²) in [6, 6.07) is 8.97. The van der Waals surface area contributed by atoms with Crippen molar-refractivity contribution < 1.29 is 5.11 Å². The van der Waals surface area contributed by atoms with Crippen LogP contribution < -0.4 is 5.32 Å². The lowest BCUT2D eigenvalue weighted by Gasteiger charge is -2.33. The van der Waals surface area contributed by atoms with E-state index in [4.69, 9.17) is 0 Å². The minimum Gasteiger partial charge on any atom is -0.394 e. The summed E-state index contributed by atoms with van der Waals surface area (Å²) in [4.78, 5) is 1.30. The van der Waals surface area contributed by atoms with Gasteiger partial charge in [-0.25, -0.2) is 0 Å². The highest BCUT2D eigenvalue weighted by molar-refractivity contribution is 7.99. The number of aryl methyl sites for hydroxylation is 1. The van der Waals surface area contributed by atoms with Crippen LogP contribution in [0.3, 0.4) is 0 Å². The minimum atomic E-state index is -0.204. The van der Waals surface area contributed by atoms with Crippen molar-refractivity contribution in [3.63, 3.8) is 0 Å². The molecule has 0 saturated heterocycles. The highest BCUT2D eigenvalue weighted by Crippen LogP contribution is 2.29. The van der Waals surface area contributed by atoms with E-state index < -0.39 is 0 Å². The van der Waals surface area contributed by atoms with Gasteiger partial charge in [-0.3, -0.25) is 0 Å². The topological polar surface area (TPSA) is 32.3 Å². The molecule has 0 saturated carbocycles. The van der Waals surface area contributed by atoms with E-state index >= 15 is 0 Å². The Kier molecular flexibility index (Phi) is 6.37. The quantitative estimate of drug-likeness (QED) is 0.749. The summed E-state index contributed by atoms with van der Waals surface area (Å²) in [5.74, 6) is 0. The summed E-state index contributed by atoms with van der Waals surface area (Å²) >= 11 is 1.88. The Hall–Kier alpha value is -0.510. The molecule has 1 aromatic rings. The number of benzene rings is 1. The van der Waals surface area contributed by atoms with Gasteiger partial charge in [-0.05, 0) is 32.4 Å². The van der Waals surface area contributed by atoms with Crippen molar-refractivity contribution >= 4 is 11.8 Å². The summed E-state index contributed by atoms with van der Waals surface area (Å²) in [6.07, 6.45) is 0.945. The van der Waals surface area contributed by atoms with Crippen molar-refractivity contribution in [3.8, 4) is 0 Å². The van der Waals surface area contributed by atoms with Gasteiger partial charge < -0.3 is 10.4 Å². The van der Waals surface area contributed by atoms with Gasteiger partial charge in [0, 0.05) is 21.7 Å². The zero-order valence-corrected chi connectivity index (χ0v) is 13.6. The van der Waals surface area contributed by atoms with E-state index in [0.717, 1.165) is 6.42 Å². The maximum atomic E-state index is 9.62. The number of hydrogen-bond acceptors (Lipinski definition) is 3. The summed E-state index contributed by atoms with van der Waals surface area (Å²) in [7, 11) is 0. The Bertz CT molecular complexity index is 394. The van der Waals surface area contributed by atoms with E-state index in [1.54, 1.807) is 0 Å². The molecule has 2 unspecified atom stereocenters. The molecule has 0 aliphatic rings. The third-order valence-corrected chi connectivity index (χ3v) is 4.15. The number of aliphatic hydroxyl groups excluding tert-OH is 1. The molecular formula is C16H27NOS. The first-order chi connectivity index (χ1) is 8.84. The molecule has 0 spiro atoms. The summed E-state index contributed by atoms with van der Waals surface area (Å²) in [5.41, 5.74) is 1.09. The van der Waals surface area contributed by atoms with Crippen LogP contribution in [0.4, 0.5) is 0 Å². The second kappa shape index (κ2) is 7.32. The van der Waals surface area contributed by atoms with Crippen molar-refractivity contribution in [2.45, 2.75) is 62.8 Å². The fourth-order valence-electron chi connectivity index (χ4n) is 2.46. The van der Waals surface area contributed by atoms with Gasteiger partial charge in [0.2, 0.25) is 0 Å². The molecular weight excluding hydrogens is 254 g/mol. The Labute approximate surface area is 122 Å². The third-order valence-electron chi connectivity index (χ3n) is 3.05. The van der Waals surface area contributed by atoms with E-state index in [1.807, 2.05) is 11.8 Å². The summed E-state index contributed by atoms with van der Waals surface area (Å²) < 4.78 is 0. The molecule has 2 nitrogen and oxygen atoms in total. The second-order valence-electron chi connectivity index (χ2n) is 5.97. The molecule has 0 aliphatic heterocycles. The lowest BCUT2D eigenvalue weighted by atomic mass is 9.96. The molecule has 0 radical (unpaired) electrons. The molecule has 0 aliphatic carbocycles. The number of aliphatic hydroxyl groups is 1. The van der Waals surface area contributed by atoms with Crippen LogP contribution in [0.25, 0.3) is 0 Å². The van der Waals surface area contributed by atoms with Crippen molar-refractivity contribution in [3.05, 3.63) is 29.8 Å². The first-order valence-corrected chi connectivity index (χ1v) is 7.84. The monoisotopic (exact) mass is 281 g/mol. The van der Waals surface area contributed by atoms with E-state index in [1.165, 1.54) is 10.5 Å². The summed E-state index contributed by atoms with van der Waals surface area (Å²) in [5, 5.41) is 13.6. The molecule has 1 aromatic carbocycles. The van der Waals surface area contributed by atoms with Crippen molar-refractivity contribution in [2.24, 2.45) is 0 Å². The molecule has 0 aromatic heterocycles. The van der Waals surface area contributed by atoms with Gasteiger partial charge in [-0.2, -0.15) is 0 Å². The Morgan fingerprint density at radius 2 is 2.00 bits per heavy atom. The van der Waals surface area contributed by atoms with E-state index in [2.05, 4.69) is 64.2 Å². The standard InChI is InChI=1S/C16H27NOS/c1-12(2)17-16(5,11-18)10-14(4)19-15-8-6-7-13(3)9-15/h6-9,12,14,17-18H,10-11H2,1-5H3.